The van der Waals surface area contributed by atoms with E-state index in [0.29, 0.717) is 19.0 Å². The maximum Gasteiger partial charge on any atom is 0.191 e. The molecule has 0 amide bonds. The first-order valence-corrected chi connectivity index (χ1v) is 9.20. The van der Waals surface area contributed by atoms with Crippen molar-refractivity contribution in [1.29, 1.82) is 0 Å². The summed E-state index contributed by atoms with van der Waals surface area (Å²) in [6.45, 7) is 3.24. The third-order valence-electron chi connectivity index (χ3n) is 3.79. The van der Waals surface area contributed by atoms with Crippen molar-refractivity contribution in [3.63, 3.8) is 0 Å². The van der Waals surface area contributed by atoms with Crippen LogP contribution in [0.5, 0.6) is 5.75 Å². The van der Waals surface area contributed by atoms with Gasteiger partial charge < -0.3 is 15.4 Å². The summed E-state index contributed by atoms with van der Waals surface area (Å²) in [6.07, 6.45) is 2.07. The minimum atomic E-state index is -0.367. The van der Waals surface area contributed by atoms with E-state index in [-0.39, 0.29) is 11.6 Å². The van der Waals surface area contributed by atoms with Crippen LogP contribution in [-0.4, -0.2) is 26.4 Å². The highest BCUT2D eigenvalue weighted by molar-refractivity contribution is 7.98. The molecule has 0 heterocycles. The Labute approximate surface area is 152 Å². The molecule has 0 aliphatic rings. The highest BCUT2D eigenvalue weighted by Gasteiger charge is 2.06. The number of nitrogens with zero attached hydrogens (tertiary/aromatic N) is 1. The van der Waals surface area contributed by atoms with Gasteiger partial charge in [-0.3, -0.25) is 4.99 Å². The van der Waals surface area contributed by atoms with E-state index >= 15 is 0 Å². The molecule has 0 aliphatic carbocycles. The molecule has 0 unspecified atom stereocenters. The highest BCUT2D eigenvalue weighted by Crippen LogP contribution is 2.21. The molecule has 0 fully saturated rings. The van der Waals surface area contributed by atoms with Gasteiger partial charge in [0.2, 0.25) is 0 Å². The number of ether oxygens (including phenoxy) is 1. The van der Waals surface area contributed by atoms with Crippen LogP contribution < -0.4 is 15.4 Å². The molecule has 2 aromatic rings. The predicted molar refractivity (Wildman–Crippen MR) is 103 cm³/mol. The first-order valence-electron chi connectivity index (χ1n) is 7.97. The topological polar surface area (TPSA) is 45.7 Å². The number of thioether (sulfide) groups is 1. The largest absolute Gasteiger partial charge is 0.494 e. The van der Waals surface area contributed by atoms with Gasteiger partial charge >= 0.3 is 0 Å². The molecule has 0 saturated heterocycles. The molecule has 2 rings (SSSR count). The van der Waals surface area contributed by atoms with Gasteiger partial charge in [-0.25, -0.2) is 4.39 Å². The van der Waals surface area contributed by atoms with Crippen LogP contribution in [0.25, 0.3) is 0 Å². The Hall–Kier alpha value is -2.21. The van der Waals surface area contributed by atoms with Crippen LogP contribution in [0.15, 0.2) is 46.3 Å². The summed E-state index contributed by atoms with van der Waals surface area (Å²) in [5, 5.41) is 6.49. The van der Waals surface area contributed by atoms with Crippen molar-refractivity contribution in [2.24, 2.45) is 4.99 Å². The molecule has 0 aliphatic heterocycles. The van der Waals surface area contributed by atoms with Crippen LogP contribution in [-0.2, 0) is 13.1 Å². The van der Waals surface area contributed by atoms with Crippen LogP contribution in [0.3, 0.4) is 0 Å². The van der Waals surface area contributed by atoms with E-state index in [9.17, 15) is 4.39 Å². The molecule has 0 radical (unpaired) electrons. The number of halogens is 1. The standard InChI is InChI=1S/C19H24FN3OS/c1-13-5-7-15(18(9-13)25-4)12-23-19(21-2)22-11-14-6-8-17(24-3)16(20)10-14/h5-10H,11-12H2,1-4H3,(H2,21,22,23). The second-order valence-corrected chi connectivity index (χ2v) is 6.41. The first-order chi connectivity index (χ1) is 12.1. The van der Waals surface area contributed by atoms with E-state index in [1.807, 2.05) is 6.07 Å². The zero-order valence-electron chi connectivity index (χ0n) is 15.0. The van der Waals surface area contributed by atoms with E-state index in [1.54, 1.807) is 24.9 Å². The lowest BCUT2D eigenvalue weighted by Gasteiger charge is -2.14. The van der Waals surface area contributed by atoms with Gasteiger partial charge in [0.15, 0.2) is 17.5 Å². The van der Waals surface area contributed by atoms with Crippen LogP contribution in [0.2, 0.25) is 0 Å². The Balaban J connectivity index is 1.94. The monoisotopic (exact) mass is 361 g/mol. The number of guanidine groups is 1. The van der Waals surface area contributed by atoms with Crippen molar-refractivity contribution in [3.8, 4) is 5.75 Å². The fourth-order valence-electron chi connectivity index (χ4n) is 2.40. The summed E-state index contributed by atoms with van der Waals surface area (Å²) in [5.41, 5.74) is 3.29. The second-order valence-electron chi connectivity index (χ2n) is 5.56. The molecule has 2 aromatic carbocycles. The van der Waals surface area contributed by atoms with E-state index in [0.717, 1.165) is 5.56 Å². The van der Waals surface area contributed by atoms with Gasteiger partial charge in [-0.15, -0.1) is 11.8 Å². The molecule has 0 saturated carbocycles. The maximum absolute atomic E-state index is 13.7. The molecule has 2 N–H and O–H groups in total. The summed E-state index contributed by atoms with van der Waals surface area (Å²) in [4.78, 5) is 5.47. The maximum atomic E-state index is 13.7. The molecule has 4 nitrogen and oxygen atoms in total. The number of benzene rings is 2. The van der Waals surface area contributed by atoms with E-state index in [1.165, 1.54) is 29.2 Å². The lowest BCUT2D eigenvalue weighted by molar-refractivity contribution is 0.386. The lowest BCUT2D eigenvalue weighted by Crippen LogP contribution is -2.36. The van der Waals surface area contributed by atoms with Gasteiger partial charge in [-0.1, -0.05) is 18.2 Å². The quantitative estimate of drug-likeness (QED) is 0.468. The number of methoxy groups -OCH3 is 1. The van der Waals surface area contributed by atoms with Gasteiger partial charge in [-0.05, 0) is 48.1 Å². The summed E-state index contributed by atoms with van der Waals surface area (Å²) in [5.74, 6) is 0.549. The average Bonchev–Trinajstić information content (AvgIpc) is 2.62. The number of nitrogens with one attached hydrogen (secondary N) is 2. The van der Waals surface area contributed by atoms with Crippen molar-refractivity contribution < 1.29 is 9.13 Å². The molecule has 25 heavy (non-hydrogen) atoms. The smallest absolute Gasteiger partial charge is 0.191 e. The van der Waals surface area contributed by atoms with Crippen molar-refractivity contribution in [3.05, 3.63) is 58.9 Å². The van der Waals surface area contributed by atoms with Crippen molar-refractivity contribution in [1.82, 2.24) is 10.6 Å². The van der Waals surface area contributed by atoms with E-state index < -0.39 is 0 Å². The Morgan fingerprint density at radius 1 is 1.16 bits per heavy atom. The van der Waals surface area contributed by atoms with Crippen LogP contribution in [0, 0.1) is 12.7 Å². The van der Waals surface area contributed by atoms with Crippen molar-refractivity contribution in [2.75, 3.05) is 20.4 Å². The van der Waals surface area contributed by atoms with E-state index in [2.05, 4.69) is 47.0 Å². The molecule has 6 heteroatoms. The molecular weight excluding hydrogens is 337 g/mol. The van der Waals surface area contributed by atoms with Crippen LogP contribution >= 0.6 is 11.8 Å². The van der Waals surface area contributed by atoms with Crippen LogP contribution in [0.1, 0.15) is 16.7 Å². The third-order valence-corrected chi connectivity index (χ3v) is 4.61. The highest BCUT2D eigenvalue weighted by atomic mass is 32.2. The Kier molecular flexibility index (Phi) is 7.13. The zero-order chi connectivity index (χ0) is 18.2. The normalized spacial score (nSPS) is 11.3. The Morgan fingerprint density at radius 3 is 2.56 bits per heavy atom. The minimum Gasteiger partial charge on any atom is -0.494 e. The fourth-order valence-corrected chi connectivity index (χ4v) is 3.11. The first kappa shape index (κ1) is 19.1. The number of hydrogen-bond acceptors (Lipinski definition) is 3. The molecule has 0 bridgehead atoms. The van der Waals surface area contributed by atoms with Gasteiger partial charge in [0.25, 0.3) is 0 Å². The van der Waals surface area contributed by atoms with Gasteiger partial charge in [0, 0.05) is 25.0 Å². The van der Waals surface area contributed by atoms with Crippen LogP contribution in [0.4, 0.5) is 4.39 Å². The minimum absolute atomic E-state index is 0.246. The Bertz CT molecular complexity index is 749. The second kappa shape index (κ2) is 9.32. The molecule has 0 aromatic heterocycles. The van der Waals surface area contributed by atoms with E-state index in [4.69, 9.17) is 4.74 Å². The average molecular weight is 361 g/mol. The molecule has 134 valence electrons. The summed E-state index contributed by atoms with van der Waals surface area (Å²) in [6, 6.07) is 11.3. The molecule has 0 spiro atoms. The summed E-state index contributed by atoms with van der Waals surface area (Å²) >= 11 is 1.73. The fraction of sp³-hybridized carbons (Fsp3) is 0.316. The number of aliphatic imine (C=N–C) groups is 1. The van der Waals surface area contributed by atoms with Crippen molar-refractivity contribution >= 4 is 17.7 Å². The molecular formula is C19H24FN3OS. The summed E-state index contributed by atoms with van der Waals surface area (Å²) in [7, 11) is 3.17. The number of hydrogen-bond donors (Lipinski definition) is 2. The third kappa shape index (κ3) is 5.39. The van der Waals surface area contributed by atoms with Gasteiger partial charge in [-0.2, -0.15) is 0 Å². The van der Waals surface area contributed by atoms with Gasteiger partial charge in [0.1, 0.15) is 0 Å². The zero-order valence-corrected chi connectivity index (χ0v) is 15.8. The Morgan fingerprint density at radius 2 is 1.92 bits per heavy atom. The lowest BCUT2D eigenvalue weighted by atomic mass is 10.1. The number of aryl methyl sites for hydroxylation is 1. The predicted octanol–water partition coefficient (Wildman–Crippen LogP) is 3.73. The summed E-state index contributed by atoms with van der Waals surface area (Å²) < 4.78 is 18.7. The van der Waals surface area contributed by atoms with Gasteiger partial charge in [0.05, 0.1) is 7.11 Å². The van der Waals surface area contributed by atoms with Crippen molar-refractivity contribution in [2.45, 2.75) is 24.9 Å². The SMILES string of the molecule is CN=C(NCc1ccc(OC)c(F)c1)NCc1ccc(C)cc1SC. The molecule has 0 atom stereocenters. The number of rotatable bonds is 6.